The van der Waals surface area contributed by atoms with Gasteiger partial charge in [-0.25, -0.2) is 9.78 Å². The van der Waals surface area contributed by atoms with Gasteiger partial charge in [0.25, 0.3) is 0 Å². The number of nitrogens with zero attached hydrogens (tertiary/aromatic N) is 3. The Morgan fingerprint density at radius 2 is 1.89 bits per heavy atom. The first-order valence-electron chi connectivity index (χ1n) is 11.1. The number of hydrogen-bond donors (Lipinski definition) is 2. The monoisotopic (exact) mass is 522 g/mol. The fourth-order valence-electron chi connectivity index (χ4n) is 3.10. The molecular formula is C25H24N5O4S2-. The molecule has 0 saturated heterocycles. The normalized spacial score (nSPS) is 11.6. The van der Waals surface area contributed by atoms with Gasteiger partial charge in [-0.3, -0.25) is 4.36 Å². The van der Waals surface area contributed by atoms with Crippen LogP contribution in [0, 0.1) is 0 Å². The number of hydrogen-bond acceptors (Lipinski definition) is 10. The lowest BCUT2D eigenvalue weighted by Gasteiger charge is -2.13. The first-order valence-corrected chi connectivity index (χ1v) is 13.1. The number of rotatable bonds is 10. The van der Waals surface area contributed by atoms with E-state index in [9.17, 15) is 9.00 Å². The molecule has 2 aromatic heterocycles. The highest BCUT2D eigenvalue weighted by Gasteiger charge is 2.11. The lowest BCUT2D eigenvalue weighted by molar-refractivity contribution is 0.164. The Bertz CT molecular complexity index is 1360. The summed E-state index contributed by atoms with van der Waals surface area (Å²) in [6.07, 6.45) is 0.912. The Kier molecular flexibility index (Phi) is 8.84. The van der Waals surface area contributed by atoms with Gasteiger partial charge >= 0.3 is 6.09 Å². The van der Waals surface area contributed by atoms with Crippen molar-refractivity contribution in [1.82, 2.24) is 9.97 Å². The number of carbonyl (C=O) groups excluding carboxylic acids is 1. The molecule has 0 aliphatic carbocycles. The average molecular weight is 523 g/mol. The second-order valence-electron chi connectivity index (χ2n) is 7.21. The number of thiophene rings is 1. The van der Waals surface area contributed by atoms with Crippen molar-refractivity contribution in [3.05, 3.63) is 78.3 Å². The first-order chi connectivity index (χ1) is 17.6. The second-order valence-corrected chi connectivity index (χ2v) is 9.31. The van der Waals surface area contributed by atoms with E-state index in [1.807, 2.05) is 47.8 Å². The van der Waals surface area contributed by atoms with Crippen molar-refractivity contribution >= 4 is 45.5 Å². The molecule has 0 aliphatic rings. The van der Waals surface area contributed by atoms with Crippen LogP contribution in [0.1, 0.15) is 6.92 Å². The van der Waals surface area contributed by atoms with E-state index >= 15 is 0 Å². The summed E-state index contributed by atoms with van der Waals surface area (Å²) in [5.41, 5.74) is 1.58. The number of carbonyl (C=O) groups is 1. The molecule has 9 nitrogen and oxygen atoms in total. The molecule has 186 valence electrons. The first kappa shape index (κ1) is 25.1. The van der Waals surface area contributed by atoms with Gasteiger partial charge in [-0.05, 0) is 42.6 Å². The van der Waals surface area contributed by atoms with E-state index in [-0.39, 0.29) is 6.61 Å². The molecule has 4 rings (SSSR count). The molecule has 0 radical (unpaired) electrons. The molecule has 36 heavy (non-hydrogen) atoms. The molecule has 0 bridgehead atoms. The summed E-state index contributed by atoms with van der Waals surface area (Å²) in [5, 5.41) is 8.50. The molecule has 4 aromatic rings. The fraction of sp³-hybridized carbons (Fsp3) is 0.160. The minimum absolute atomic E-state index is 0.171. The zero-order chi connectivity index (χ0) is 25.2. The maximum absolute atomic E-state index is 12.2. The minimum atomic E-state index is -1.84. The largest absolute Gasteiger partial charge is 0.492 e. The van der Waals surface area contributed by atoms with Crippen molar-refractivity contribution in [2.45, 2.75) is 11.8 Å². The van der Waals surface area contributed by atoms with Crippen LogP contribution in [0.3, 0.4) is 0 Å². The van der Waals surface area contributed by atoms with Crippen molar-refractivity contribution < 1.29 is 18.5 Å². The summed E-state index contributed by atoms with van der Waals surface area (Å²) >= 11 is 1.61. The van der Waals surface area contributed by atoms with Crippen LogP contribution in [-0.2, 0) is 19.5 Å². The van der Waals surface area contributed by atoms with Gasteiger partial charge in [0.05, 0.1) is 18.7 Å². The molecule has 0 atom stereocenters. The Hall–Kier alpha value is -3.96. The van der Waals surface area contributed by atoms with E-state index < -0.39 is 16.7 Å². The van der Waals surface area contributed by atoms with Crippen LogP contribution < -0.4 is 15.4 Å². The summed E-state index contributed by atoms with van der Waals surface area (Å²) in [4.78, 5) is 22.0. The lowest BCUT2D eigenvalue weighted by atomic mass is 10.2. The molecule has 2 heterocycles. The minimum Gasteiger partial charge on any atom is -0.492 e. The van der Waals surface area contributed by atoms with Gasteiger partial charge in [-0.15, -0.1) is 21.9 Å². The van der Waals surface area contributed by atoms with Crippen molar-refractivity contribution in [3.63, 3.8) is 0 Å². The molecule has 1 amide bonds. The number of para-hydroxylation sites is 1. The topological polar surface area (TPSA) is 115 Å². The zero-order valence-electron chi connectivity index (χ0n) is 19.4. The highest BCUT2D eigenvalue weighted by atomic mass is 32.2. The van der Waals surface area contributed by atoms with E-state index in [1.54, 1.807) is 48.7 Å². The number of anilines is 3. The van der Waals surface area contributed by atoms with Gasteiger partial charge in [0.15, 0.2) is 0 Å². The highest BCUT2D eigenvalue weighted by molar-refractivity contribution is 7.75. The quantitative estimate of drug-likeness (QED) is 0.190. The fourth-order valence-corrected chi connectivity index (χ4v) is 4.50. The van der Waals surface area contributed by atoms with Gasteiger partial charge < -0.3 is 24.3 Å². The van der Waals surface area contributed by atoms with Crippen molar-refractivity contribution in [2.24, 2.45) is 4.36 Å². The third kappa shape index (κ3) is 7.03. The predicted octanol–water partition coefficient (Wildman–Crippen LogP) is 6.10. The molecule has 0 fully saturated rings. The summed E-state index contributed by atoms with van der Waals surface area (Å²) in [5.74, 6) is 1.88. The van der Waals surface area contributed by atoms with Crippen LogP contribution in [-0.4, -0.2) is 35.8 Å². The van der Waals surface area contributed by atoms with E-state index in [0.29, 0.717) is 35.5 Å². The third-order valence-electron chi connectivity index (χ3n) is 4.72. The van der Waals surface area contributed by atoms with Crippen molar-refractivity contribution in [2.75, 3.05) is 30.4 Å². The van der Waals surface area contributed by atoms with E-state index in [4.69, 9.17) is 9.47 Å². The van der Waals surface area contributed by atoms with Gasteiger partial charge in [-0.1, -0.05) is 41.3 Å². The van der Waals surface area contributed by atoms with Crippen LogP contribution in [0.2, 0.25) is 0 Å². The molecule has 2 N–H and O–H groups in total. The Labute approximate surface area is 214 Å². The molecule has 11 heteroatoms. The van der Waals surface area contributed by atoms with Crippen molar-refractivity contribution in [3.8, 4) is 16.2 Å². The second kappa shape index (κ2) is 12.7. The van der Waals surface area contributed by atoms with Crippen LogP contribution >= 0.6 is 11.3 Å². The zero-order valence-corrected chi connectivity index (χ0v) is 21.1. The van der Waals surface area contributed by atoms with Crippen LogP contribution in [0.4, 0.5) is 22.2 Å². The summed E-state index contributed by atoms with van der Waals surface area (Å²) in [6, 6.07) is 20.3. The molecule has 0 spiro atoms. The molecule has 0 saturated carbocycles. The number of amides is 1. The van der Waals surface area contributed by atoms with Crippen molar-refractivity contribution in [1.29, 1.82) is 0 Å². The standard InChI is InChI=1S/C25H24N5O4S2/c1-2-33-25(31)30-36(32)20-12-10-18(11-13-20)28-24-27-17-21(22-9-6-16-35-22)23(29-24)26-14-15-34-19-7-4-3-5-8-19/h3-13,16-17H,2,14-15H2,1H3,(H2,26,27,28,29)/q-1. The van der Waals surface area contributed by atoms with Gasteiger partial charge in [0, 0.05) is 16.8 Å². The molecule has 2 aromatic carbocycles. The maximum atomic E-state index is 12.2. The summed E-state index contributed by atoms with van der Waals surface area (Å²) in [7, 11) is -1.84. The predicted molar refractivity (Wildman–Crippen MR) is 141 cm³/mol. The average Bonchev–Trinajstić information content (AvgIpc) is 3.43. The summed E-state index contributed by atoms with van der Waals surface area (Å²) in [6.45, 7) is 2.85. The SMILES string of the molecule is CCOC(=O)N=[S-](=O)c1ccc(Nc2ncc(-c3cccs3)c(NCCOc3ccccc3)n2)cc1. The lowest BCUT2D eigenvalue weighted by Crippen LogP contribution is -2.13. The van der Waals surface area contributed by atoms with Crippen LogP contribution in [0.15, 0.2) is 87.6 Å². The van der Waals surface area contributed by atoms with Crippen LogP contribution in [0.5, 0.6) is 5.75 Å². The molecule has 0 aliphatic heterocycles. The van der Waals surface area contributed by atoms with E-state index in [1.165, 1.54) is 0 Å². The Morgan fingerprint density at radius 3 is 2.61 bits per heavy atom. The Morgan fingerprint density at radius 1 is 1.08 bits per heavy atom. The number of aromatic nitrogens is 2. The van der Waals surface area contributed by atoms with Gasteiger partial charge in [-0.2, -0.15) is 4.98 Å². The summed E-state index contributed by atoms with van der Waals surface area (Å²) < 4.78 is 26.2. The number of benzene rings is 2. The smallest absolute Gasteiger partial charge is 0.410 e. The van der Waals surface area contributed by atoms with E-state index in [2.05, 4.69) is 25.0 Å². The third-order valence-corrected chi connectivity index (χ3v) is 6.61. The highest BCUT2D eigenvalue weighted by Crippen LogP contribution is 2.31. The van der Waals surface area contributed by atoms with Gasteiger partial charge in [0.2, 0.25) is 5.95 Å². The van der Waals surface area contributed by atoms with Crippen LogP contribution in [0.25, 0.3) is 10.4 Å². The molecule has 0 unspecified atom stereocenters. The van der Waals surface area contributed by atoms with Gasteiger partial charge in [0.1, 0.15) is 18.2 Å². The number of nitrogens with one attached hydrogen (secondary N) is 2. The Balaban J connectivity index is 1.45. The van der Waals surface area contributed by atoms with E-state index in [0.717, 1.165) is 16.2 Å². The molecular weight excluding hydrogens is 498 g/mol. The maximum Gasteiger partial charge on any atom is 0.410 e. The number of ether oxygens (including phenoxy) is 2.